The first-order valence-corrected chi connectivity index (χ1v) is 9.31. The Kier molecular flexibility index (Phi) is 4.55. The molecule has 4 rings (SSSR count). The van der Waals surface area contributed by atoms with Crippen molar-refractivity contribution in [2.75, 3.05) is 26.7 Å². The number of carbonyl (C=O) groups is 3. The second-order valence-corrected chi connectivity index (χ2v) is 7.16. The molecule has 3 amide bonds. The Balaban J connectivity index is 1.65. The molecule has 27 heavy (non-hydrogen) atoms. The normalized spacial score (nSPS) is 25.2. The Morgan fingerprint density at radius 3 is 2.56 bits per heavy atom. The van der Waals surface area contributed by atoms with Gasteiger partial charge in [0, 0.05) is 25.7 Å². The molecular formula is C19H23N5O3. The second-order valence-electron chi connectivity index (χ2n) is 7.16. The van der Waals surface area contributed by atoms with Gasteiger partial charge in [0.25, 0.3) is 5.91 Å². The average Bonchev–Trinajstić information content (AvgIpc) is 3.07. The van der Waals surface area contributed by atoms with Crippen LogP contribution in [-0.4, -0.2) is 77.3 Å². The lowest BCUT2D eigenvalue weighted by molar-refractivity contribution is -0.127. The van der Waals surface area contributed by atoms with Crippen molar-refractivity contribution in [1.29, 1.82) is 0 Å². The maximum Gasteiger partial charge on any atom is 0.325 e. The Labute approximate surface area is 157 Å². The number of hydrogen-bond donors (Lipinski definition) is 1. The summed E-state index contributed by atoms with van der Waals surface area (Å²) in [4.78, 5) is 47.5. The summed E-state index contributed by atoms with van der Waals surface area (Å²) in [5.74, 6) is 0.165. The molecule has 0 saturated carbocycles. The van der Waals surface area contributed by atoms with Gasteiger partial charge in [0.05, 0.1) is 6.54 Å². The standard InChI is InChI=1S/C19H23N5O3/c1-22-16-15(17(26)21-19(22)27)24(12-14(25)13-8-4-2-5-9-13)18(20-16)23-10-6-3-7-11-23/h2,4-5,8-9,15-16H,3,6-7,10-12H2,1H3,(H,21,26,27). The summed E-state index contributed by atoms with van der Waals surface area (Å²) in [6.07, 6.45) is 2.66. The van der Waals surface area contributed by atoms with Crippen LogP contribution >= 0.6 is 0 Å². The third kappa shape index (κ3) is 3.15. The van der Waals surface area contributed by atoms with Crippen molar-refractivity contribution in [2.24, 2.45) is 4.99 Å². The number of amides is 3. The second kappa shape index (κ2) is 7.02. The molecular weight excluding hydrogens is 346 g/mol. The molecule has 8 heteroatoms. The van der Waals surface area contributed by atoms with Gasteiger partial charge in [0.1, 0.15) is 0 Å². The first-order valence-electron chi connectivity index (χ1n) is 9.31. The van der Waals surface area contributed by atoms with Crippen molar-refractivity contribution >= 4 is 23.7 Å². The molecule has 1 N–H and O–H groups in total. The van der Waals surface area contributed by atoms with E-state index in [0.29, 0.717) is 11.5 Å². The van der Waals surface area contributed by atoms with E-state index in [4.69, 9.17) is 4.99 Å². The Morgan fingerprint density at radius 1 is 1.15 bits per heavy atom. The summed E-state index contributed by atoms with van der Waals surface area (Å²) in [7, 11) is 1.62. The first kappa shape index (κ1) is 17.5. The van der Waals surface area contributed by atoms with E-state index in [-0.39, 0.29) is 12.3 Å². The Hall–Kier alpha value is -2.90. The van der Waals surface area contributed by atoms with Gasteiger partial charge in [-0.05, 0) is 19.3 Å². The summed E-state index contributed by atoms with van der Waals surface area (Å²) in [6.45, 7) is 1.73. The van der Waals surface area contributed by atoms with E-state index in [1.807, 2.05) is 18.2 Å². The molecule has 8 nitrogen and oxygen atoms in total. The van der Waals surface area contributed by atoms with E-state index in [1.54, 1.807) is 24.1 Å². The van der Waals surface area contributed by atoms with Gasteiger partial charge in [0.2, 0.25) is 0 Å². The minimum atomic E-state index is -0.683. The van der Waals surface area contributed by atoms with Crippen LogP contribution in [0.4, 0.5) is 4.79 Å². The molecule has 3 aliphatic heterocycles. The van der Waals surface area contributed by atoms with Gasteiger partial charge < -0.3 is 14.7 Å². The van der Waals surface area contributed by atoms with Gasteiger partial charge >= 0.3 is 6.03 Å². The largest absolute Gasteiger partial charge is 0.343 e. The first-order chi connectivity index (χ1) is 13.1. The number of ketones is 1. The fourth-order valence-corrected chi connectivity index (χ4v) is 3.91. The molecule has 0 spiro atoms. The minimum Gasteiger partial charge on any atom is -0.343 e. The van der Waals surface area contributed by atoms with Crippen molar-refractivity contribution < 1.29 is 14.4 Å². The van der Waals surface area contributed by atoms with Gasteiger partial charge in [-0.15, -0.1) is 0 Å². The number of hydrogen-bond acceptors (Lipinski definition) is 6. The zero-order chi connectivity index (χ0) is 19.0. The summed E-state index contributed by atoms with van der Waals surface area (Å²) in [5, 5.41) is 2.37. The van der Waals surface area contributed by atoms with Gasteiger partial charge in [-0.3, -0.25) is 14.9 Å². The van der Waals surface area contributed by atoms with Crippen molar-refractivity contribution in [2.45, 2.75) is 31.5 Å². The highest BCUT2D eigenvalue weighted by atomic mass is 16.2. The number of aliphatic imine (C=N–C) groups is 1. The predicted octanol–water partition coefficient (Wildman–Crippen LogP) is 0.903. The number of guanidine groups is 1. The monoisotopic (exact) mass is 369 g/mol. The van der Waals surface area contributed by atoms with Crippen LogP contribution in [0, 0.1) is 0 Å². The van der Waals surface area contributed by atoms with Crippen LogP contribution in [0.25, 0.3) is 0 Å². The van der Waals surface area contributed by atoms with Crippen LogP contribution in [0.2, 0.25) is 0 Å². The van der Waals surface area contributed by atoms with Crippen LogP contribution in [0.15, 0.2) is 35.3 Å². The summed E-state index contributed by atoms with van der Waals surface area (Å²) in [6, 6.07) is 7.89. The molecule has 2 fully saturated rings. The fourth-order valence-electron chi connectivity index (χ4n) is 3.91. The van der Waals surface area contributed by atoms with Gasteiger partial charge in [-0.2, -0.15) is 0 Å². The average molecular weight is 369 g/mol. The Morgan fingerprint density at radius 2 is 1.85 bits per heavy atom. The van der Waals surface area contributed by atoms with Crippen molar-refractivity contribution in [3.05, 3.63) is 35.9 Å². The van der Waals surface area contributed by atoms with Crippen molar-refractivity contribution in [1.82, 2.24) is 20.0 Å². The van der Waals surface area contributed by atoms with Crippen LogP contribution in [0.1, 0.15) is 29.6 Å². The number of benzene rings is 1. The number of piperidine rings is 1. The topological polar surface area (TPSA) is 85.3 Å². The number of nitrogens with zero attached hydrogens (tertiary/aromatic N) is 4. The number of Topliss-reactive ketones (excluding diaryl/α,β-unsaturated/α-hetero) is 1. The number of likely N-dealkylation sites (N-methyl/N-ethyl adjacent to an activating group) is 1. The van der Waals surface area contributed by atoms with E-state index in [1.165, 1.54) is 11.3 Å². The molecule has 2 saturated heterocycles. The van der Waals surface area contributed by atoms with E-state index < -0.39 is 24.1 Å². The maximum absolute atomic E-state index is 12.8. The predicted molar refractivity (Wildman–Crippen MR) is 99.2 cm³/mol. The van der Waals surface area contributed by atoms with E-state index in [2.05, 4.69) is 10.2 Å². The molecule has 3 heterocycles. The lowest BCUT2D eigenvalue weighted by Gasteiger charge is -2.38. The van der Waals surface area contributed by atoms with Crippen LogP contribution in [-0.2, 0) is 4.79 Å². The number of rotatable bonds is 3. The third-order valence-corrected chi connectivity index (χ3v) is 5.39. The Bertz CT molecular complexity index is 788. The lowest BCUT2D eigenvalue weighted by Crippen LogP contribution is -2.64. The zero-order valence-corrected chi connectivity index (χ0v) is 15.3. The van der Waals surface area contributed by atoms with Gasteiger partial charge in [-0.25, -0.2) is 9.79 Å². The molecule has 0 aliphatic carbocycles. The molecule has 0 bridgehead atoms. The molecule has 3 aliphatic rings. The number of fused-ring (bicyclic) bond motifs is 1. The molecule has 2 atom stereocenters. The number of nitrogens with one attached hydrogen (secondary N) is 1. The van der Waals surface area contributed by atoms with Crippen molar-refractivity contribution in [3.8, 4) is 0 Å². The molecule has 142 valence electrons. The van der Waals surface area contributed by atoms with Crippen LogP contribution in [0.3, 0.4) is 0 Å². The van der Waals surface area contributed by atoms with E-state index in [9.17, 15) is 14.4 Å². The minimum absolute atomic E-state index is 0.0516. The summed E-state index contributed by atoms with van der Waals surface area (Å²) < 4.78 is 0. The smallest absolute Gasteiger partial charge is 0.325 e. The van der Waals surface area contributed by atoms with Crippen molar-refractivity contribution in [3.63, 3.8) is 0 Å². The van der Waals surface area contributed by atoms with E-state index in [0.717, 1.165) is 25.9 Å². The maximum atomic E-state index is 12.8. The molecule has 0 radical (unpaired) electrons. The summed E-state index contributed by atoms with van der Waals surface area (Å²) in [5.41, 5.74) is 0.597. The quantitative estimate of drug-likeness (QED) is 0.801. The van der Waals surface area contributed by atoms with Crippen LogP contribution < -0.4 is 5.32 Å². The molecule has 1 aromatic rings. The zero-order valence-electron chi connectivity index (χ0n) is 15.3. The number of carbonyl (C=O) groups excluding carboxylic acids is 3. The SMILES string of the molecule is CN1C(=O)NC(=O)C2C1N=C(N1CCCCC1)N2CC(=O)c1ccccc1. The number of imide groups is 1. The molecule has 0 aromatic heterocycles. The molecule has 1 aromatic carbocycles. The highest BCUT2D eigenvalue weighted by Gasteiger charge is 2.50. The third-order valence-electron chi connectivity index (χ3n) is 5.39. The number of urea groups is 1. The van der Waals surface area contributed by atoms with Gasteiger partial charge in [-0.1, -0.05) is 30.3 Å². The highest BCUT2D eigenvalue weighted by Crippen LogP contribution is 2.27. The van der Waals surface area contributed by atoms with Gasteiger partial charge in [0.15, 0.2) is 24.0 Å². The lowest BCUT2D eigenvalue weighted by atomic mass is 10.1. The summed E-state index contributed by atoms with van der Waals surface area (Å²) >= 11 is 0. The molecule has 2 unspecified atom stereocenters. The van der Waals surface area contributed by atoms with E-state index >= 15 is 0 Å². The van der Waals surface area contributed by atoms with Crippen LogP contribution in [0.5, 0.6) is 0 Å². The fraction of sp³-hybridized carbons (Fsp3) is 0.474. The highest BCUT2D eigenvalue weighted by molar-refractivity contribution is 6.06. The number of likely N-dealkylation sites (tertiary alicyclic amines) is 1.